The maximum absolute atomic E-state index is 14.2. The number of guanidine groups is 1. The van der Waals surface area contributed by atoms with Gasteiger partial charge in [-0.2, -0.15) is 0 Å². The quantitative estimate of drug-likeness (QED) is 0.741. The number of aryl methyl sites for hydroxylation is 1. The molecule has 1 aromatic carbocycles. The first-order valence-corrected chi connectivity index (χ1v) is 12.5. The van der Waals surface area contributed by atoms with E-state index in [9.17, 15) is 4.79 Å². The first-order valence-electron chi connectivity index (χ1n) is 12.5. The highest BCUT2D eigenvalue weighted by atomic mass is 16.5. The van der Waals surface area contributed by atoms with E-state index in [-0.39, 0.29) is 23.5 Å². The molecule has 0 unspecified atom stereocenters. The average molecular weight is 438 g/mol. The molecule has 1 amide bonds. The van der Waals surface area contributed by atoms with Gasteiger partial charge < -0.3 is 15.2 Å². The Hall–Kier alpha value is -1.92. The summed E-state index contributed by atoms with van der Waals surface area (Å²) in [7, 11) is 1.80. The van der Waals surface area contributed by atoms with Crippen molar-refractivity contribution in [1.29, 1.82) is 0 Å². The number of rotatable bonds is 6. The summed E-state index contributed by atoms with van der Waals surface area (Å²) < 4.78 is 11.3. The largest absolute Gasteiger partial charge is 0.381 e. The van der Waals surface area contributed by atoms with Gasteiger partial charge in [-0.25, -0.2) is 4.99 Å². The standard InChI is InChI=1S/C26H35N3O3/c1-31-20-8-11-25(12-9-20)15-19-7-6-18(5-4-17-2-3-17)14-22(19)26(25)23(30)29(24(27)28-26)16-21-10-13-32-21/h6-7,14,17,20-21H,2-5,8-13,15-16H2,1H3,(H2,27,28)/t20?,21-,25?,26+/m0/s1. The Morgan fingerprint density at radius 1 is 1.22 bits per heavy atom. The van der Waals surface area contributed by atoms with E-state index < -0.39 is 5.54 Å². The van der Waals surface area contributed by atoms with E-state index in [1.807, 2.05) is 0 Å². The van der Waals surface area contributed by atoms with Crippen molar-refractivity contribution in [3.63, 3.8) is 0 Å². The highest BCUT2D eigenvalue weighted by Gasteiger charge is 2.66. The molecule has 6 nitrogen and oxygen atoms in total. The van der Waals surface area contributed by atoms with E-state index >= 15 is 0 Å². The number of hydrogen-bond acceptors (Lipinski definition) is 5. The van der Waals surface area contributed by atoms with Crippen molar-refractivity contribution in [2.45, 2.75) is 82.0 Å². The molecule has 2 saturated carbocycles. The molecule has 1 saturated heterocycles. The summed E-state index contributed by atoms with van der Waals surface area (Å²) in [5.41, 5.74) is 9.11. The van der Waals surface area contributed by atoms with Crippen molar-refractivity contribution >= 4 is 11.9 Å². The van der Waals surface area contributed by atoms with Crippen LogP contribution in [0.5, 0.6) is 0 Å². The van der Waals surface area contributed by atoms with Gasteiger partial charge in [0.2, 0.25) is 0 Å². The molecule has 2 spiro atoms. The lowest BCUT2D eigenvalue weighted by molar-refractivity contribution is -0.141. The summed E-state index contributed by atoms with van der Waals surface area (Å²) in [6, 6.07) is 6.85. The first-order chi connectivity index (χ1) is 15.5. The second-order valence-electron chi connectivity index (χ2n) is 10.7. The topological polar surface area (TPSA) is 77.2 Å². The third kappa shape index (κ3) is 3.06. The van der Waals surface area contributed by atoms with Crippen molar-refractivity contribution in [3.05, 3.63) is 34.9 Å². The third-order valence-corrected chi connectivity index (χ3v) is 8.91. The summed E-state index contributed by atoms with van der Waals surface area (Å²) in [4.78, 5) is 21.0. The molecule has 3 fully saturated rings. The van der Waals surface area contributed by atoms with E-state index in [4.69, 9.17) is 20.2 Å². The third-order valence-electron chi connectivity index (χ3n) is 8.91. The Morgan fingerprint density at radius 3 is 2.66 bits per heavy atom. The minimum Gasteiger partial charge on any atom is -0.381 e. The number of aliphatic imine (C=N–C) groups is 1. The summed E-state index contributed by atoms with van der Waals surface area (Å²) >= 11 is 0. The average Bonchev–Trinajstić information content (AvgIpc) is 3.52. The number of carbonyl (C=O) groups is 1. The number of nitrogens with zero attached hydrogens (tertiary/aromatic N) is 2. The molecule has 0 radical (unpaired) electrons. The molecule has 6 rings (SSSR count). The molecule has 32 heavy (non-hydrogen) atoms. The minimum absolute atomic E-state index is 0.0689. The molecule has 3 aliphatic carbocycles. The number of nitrogens with two attached hydrogens (primary N) is 1. The second kappa shape index (κ2) is 7.56. The van der Waals surface area contributed by atoms with Gasteiger partial charge in [0, 0.05) is 19.1 Å². The lowest BCUT2D eigenvalue weighted by Gasteiger charge is -2.45. The van der Waals surface area contributed by atoms with Crippen LogP contribution in [-0.4, -0.2) is 49.2 Å². The number of fused-ring (bicyclic) bond motifs is 3. The number of benzene rings is 1. The van der Waals surface area contributed by atoms with Crippen molar-refractivity contribution in [2.75, 3.05) is 20.3 Å². The predicted molar refractivity (Wildman–Crippen MR) is 122 cm³/mol. The molecule has 172 valence electrons. The van der Waals surface area contributed by atoms with Gasteiger partial charge in [0.25, 0.3) is 5.91 Å². The van der Waals surface area contributed by atoms with Crippen LogP contribution in [0, 0.1) is 11.3 Å². The Balaban J connectivity index is 1.39. The van der Waals surface area contributed by atoms with Crippen LogP contribution < -0.4 is 5.73 Å². The fraction of sp³-hybridized carbons (Fsp3) is 0.692. The smallest absolute Gasteiger partial charge is 0.262 e. The van der Waals surface area contributed by atoms with Gasteiger partial charge in [-0.05, 0) is 74.0 Å². The van der Waals surface area contributed by atoms with Crippen molar-refractivity contribution in [1.82, 2.24) is 4.90 Å². The van der Waals surface area contributed by atoms with Gasteiger partial charge in [-0.3, -0.25) is 9.69 Å². The van der Waals surface area contributed by atoms with E-state index in [1.165, 1.54) is 30.4 Å². The van der Waals surface area contributed by atoms with Crippen molar-refractivity contribution in [3.8, 4) is 0 Å². The Labute approximate surface area is 190 Å². The first kappa shape index (κ1) is 20.7. The molecule has 2 N–H and O–H groups in total. The van der Waals surface area contributed by atoms with Crippen LogP contribution >= 0.6 is 0 Å². The van der Waals surface area contributed by atoms with E-state index in [0.29, 0.717) is 12.5 Å². The van der Waals surface area contributed by atoms with Gasteiger partial charge in [-0.15, -0.1) is 0 Å². The molecular formula is C26H35N3O3. The number of hydrogen-bond donors (Lipinski definition) is 1. The zero-order chi connectivity index (χ0) is 21.9. The number of amides is 1. The monoisotopic (exact) mass is 437 g/mol. The SMILES string of the molecule is COC1CCC2(CC1)Cc1ccc(CCC3CC3)cc1[C@]21N=C(N)N(C[C@@H]2CCO2)C1=O. The zero-order valence-electron chi connectivity index (χ0n) is 19.1. The van der Waals surface area contributed by atoms with Gasteiger partial charge >= 0.3 is 0 Å². The lowest BCUT2D eigenvalue weighted by atomic mass is 9.61. The molecule has 2 heterocycles. The van der Waals surface area contributed by atoms with Crippen LogP contribution in [0.3, 0.4) is 0 Å². The summed E-state index contributed by atoms with van der Waals surface area (Å²) in [6.45, 7) is 1.29. The number of methoxy groups -OCH3 is 1. The Bertz CT molecular complexity index is 944. The highest BCUT2D eigenvalue weighted by molar-refractivity contribution is 6.08. The maximum atomic E-state index is 14.2. The van der Waals surface area contributed by atoms with Crippen molar-refractivity contribution < 1.29 is 14.3 Å². The Kier molecular flexibility index (Phi) is 4.88. The van der Waals surface area contributed by atoms with Crippen molar-refractivity contribution in [2.24, 2.45) is 22.1 Å². The molecule has 1 aromatic rings. The van der Waals surface area contributed by atoms with E-state index in [2.05, 4.69) is 18.2 Å². The van der Waals surface area contributed by atoms with E-state index in [1.54, 1.807) is 12.0 Å². The molecule has 2 aliphatic heterocycles. The summed E-state index contributed by atoms with van der Waals surface area (Å²) in [5, 5.41) is 0. The van der Waals surface area contributed by atoms with Crippen LogP contribution in [0.4, 0.5) is 0 Å². The van der Waals surface area contributed by atoms with Gasteiger partial charge in [-0.1, -0.05) is 31.0 Å². The van der Waals surface area contributed by atoms with Gasteiger partial charge in [0.15, 0.2) is 11.5 Å². The molecule has 0 aromatic heterocycles. The zero-order valence-corrected chi connectivity index (χ0v) is 19.1. The summed E-state index contributed by atoms with van der Waals surface area (Å²) in [6.07, 6.45) is 11.1. The van der Waals surface area contributed by atoms with Crippen LogP contribution in [0.2, 0.25) is 0 Å². The van der Waals surface area contributed by atoms with Gasteiger partial charge in [0.1, 0.15) is 0 Å². The van der Waals surface area contributed by atoms with Crippen LogP contribution in [0.15, 0.2) is 23.2 Å². The Morgan fingerprint density at radius 2 is 2.00 bits per heavy atom. The van der Waals surface area contributed by atoms with Crippen LogP contribution in [-0.2, 0) is 32.6 Å². The molecule has 2 atom stereocenters. The summed E-state index contributed by atoms with van der Waals surface area (Å²) in [5.74, 6) is 1.34. The highest BCUT2D eigenvalue weighted by Crippen LogP contribution is 2.62. The molecule has 0 bridgehead atoms. The normalized spacial score (nSPS) is 36.0. The van der Waals surface area contributed by atoms with Gasteiger partial charge in [0.05, 0.1) is 18.8 Å². The van der Waals surface area contributed by atoms with Crippen LogP contribution in [0.25, 0.3) is 0 Å². The number of carbonyl (C=O) groups excluding carboxylic acids is 1. The fourth-order valence-corrected chi connectivity index (χ4v) is 6.65. The fourth-order valence-electron chi connectivity index (χ4n) is 6.65. The minimum atomic E-state index is -0.884. The van der Waals surface area contributed by atoms with E-state index in [0.717, 1.165) is 63.0 Å². The molecule has 6 heteroatoms. The molecule has 5 aliphatic rings. The maximum Gasteiger partial charge on any atom is 0.262 e. The molecular weight excluding hydrogens is 402 g/mol. The number of ether oxygens (including phenoxy) is 2. The van der Waals surface area contributed by atoms with Crippen LogP contribution in [0.1, 0.15) is 68.1 Å². The predicted octanol–water partition coefficient (Wildman–Crippen LogP) is 3.30. The lowest BCUT2D eigenvalue weighted by Crippen LogP contribution is -2.54. The second-order valence-corrected chi connectivity index (χ2v) is 10.7.